The van der Waals surface area contributed by atoms with Crippen LogP contribution in [-0.2, 0) is 4.79 Å². The van der Waals surface area contributed by atoms with Gasteiger partial charge in [0.2, 0.25) is 5.91 Å². The van der Waals surface area contributed by atoms with Crippen LogP contribution >= 0.6 is 0 Å². The van der Waals surface area contributed by atoms with E-state index >= 15 is 0 Å². The molecule has 0 aliphatic carbocycles. The normalized spacial score (nSPS) is 15.3. The van der Waals surface area contributed by atoms with Gasteiger partial charge in [0.25, 0.3) is 0 Å². The molecule has 4 nitrogen and oxygen atoms in total. The van der Waals surface area contributed by atoms with E-state index in [1.54, 1.807) is 0 Å². The topological polar surface area (TPSA) is 58.4 Å². The van der Waals surface area contributed by atoms with Crippen molar-refractivity contribution in [3.63, 3.8) is 0 Å². The molecule has 0 bridgehead atoms. The zero-order valence-corrected chi connectivity index (χ0v) is 9.71. The summed E-state index contributed by atoms with van der Waals surface area (Å²) in [6.45, 7) is 6.98. The third-order valence-electron chi connectivity index (χ3n) is 2.61. The lowest BCUT2D eigenvalue weighted by Crippen LogP contribution is -2.41. The highest BCUT2D eigenvalue weighted by atomic mass is 16.2. The van der Waals surface area contributed by atoms with Crippen molar-refractivity contribution in [1.82, 2.24) is 10.3 Å². The van der Waals surface area contributed by atoms with Crippen molar-refractivity contribution in [2.45, 2.75) is 39.7 Å². The second-order valence-corrected chi connectivity index (χ2v) is 3.99. The number of hydrogen-bond acceptors (Lipinski definition) is 3. The van der Waals surface area contributed by atoms with Gasteiger partial charge in [0.15, 0.2) is 0 Å². The van der Waals surface area contributed by atoms with Crippen LogP contribution in [0, 0.1) is 5.92 Å². The van der Waals surface area contributed by atoms with Gasteiger partial charge in [-0.2, -0.15) is 0 Å². The van der Waals surface area contributed by atoms with Crippen molar-refractivity contribution in [2.75, 3.05) is 13.6 Å². The highest BCUT2D eigenvalue weighted by Gasteiger charge is 2.16. The summed E-state index contributed by atoms with van der Waals surface area (Å²) < 4.78 is 0. The van der Waals surface area contributed by atoms with E-state index in [1.165, 1.54) is 6.42 Å². The molecule has 0 radical (unpaired) electrons. The Morgan fingerprint density at radius 2 is 2.07 bits per heavy atom. The molecule has 2 unspecified atom stereocenters. The predicted molar refractivity (Wildman–Crippen MR) is 58.5 cm³/mol. The molecule has 1 amide bonds. The summed E-state index contributed by atoms with van der Waals surface area (Å²) in [7, 11) is 2.04. The summed E-state index contributed by atoms with van der Waals surface area (Å²) >= 11 is 0. The van der Waals surface area contributed by atoms with Crippen molar-refractivity contribution in [3.8, 4) is 0 Å². The number of carbonyl (C=O) groups excluding carboxylic acids is 1. The number of nitrogens with two attached hydrogens (primary N) is 1. The molecular weight excluding hydrogens is 178 g/mol. The molecule has 0 aliphatic heterocycles. The number of nitrogens with one attached hydrogen (secondary N) is 1. The molecule has 0 aromatic heterocycles. The minimum atomic E-state index is -0.0967. The lowest BCUT2D eigenvalue weighted by Gasteiger charge is -2.26. The Balaban J connectivity index is 3.91. The van der Waals surface area contributed by atoms with E-state index in [1.807, 2.05) is 14.0 Å². The number of rotatable bonds is 6. The van der Waals surface area contributed by atoms with Crippen LogP contribution in [0.4, 0.5) is 0 Å². The van der Waals surface area contributed by atoms with E-state index in [0.29, 0.717) is 6.04 Å². The van der Waals surface area contributed by atoms with E-state index < -0.39 is 0 Å². The average molecular weight is 201 g/mol. The van der Waals surface area contributed by atoms with E-state index in [2.05, 4.69) is 24.2 Å². The number of hydrazine groups is 1. The third kappa shape index (κ3) is 4.58. The largest absolute Gasteiger partial charge is 0.303 e. The SMILES string of the molecule is CCCC(C)N(C)CC(C)C(=O)NN. The molecule has 84 valence electrons. The summed E-state index contributed by atoms with van der Waals surface area (Å²) in [5, 5.41) is 0. The first-order valence-corrected chi connectivity index (χ1v) is 5.23. The number of hydrogen-bond donors (Lipinski definition) is 2. The summed E-state index contributed by atoms with van der Waals surface area (Å²) in [5.41, 5.74) is 2.18. The Morgan fingerprint density at radius 1 is 1.50 bits per heavy atom. The fourth-order valence-electron chi connectivity index (χ4n) is 1.48. The quantitative estimate of drug-likeness (QED) is 0.378. The maximum atomic E-state index is 11.2. The summed E-state index contributed by atoms with van der Waals surface area (Å²) in [6.07, 6.45) is 2.33. The molecule has 0 aromatic carbocycles. The zero-order chi connectivity index (χ0) is 11.1. The third-order valence-corrected chi connectivity index (χ3v) is 2.61. The molecule has 4 heteroatoms. The first-order valence-electron chi connectivity index (χ1n) is 5.23. The van der Waals surface area contributed by atoms with E-state index in [4.69, 9.17) is 5.84 Å². The van der Waals surface area contributed by atoms with Gasteiger partial charge in [-0.25, -0.2) is 5.84 Å². The Labute approximate surface area is 86.8 Å². The van der Waals surface area contributed by atoms with Crippen LogP contribution in [0.25, 0.3) is 0 Å². The van der Waals surface area contributed by atoms with Gasteiger partial charge in [-0.1, -0.05) is 20.3 Å². The second kappa shape index (κ2) is 6.79. The number of nitrogens with zero attached hydrogens (tertiary/aromatic N) is 1. The first-order chi connectivity index (χ1) is 6.52. The lowest BCUT2D eigenvalue weighted by molar-refractivity contribution is -0.125. The standard InChI is InChI=1S/C10H23N3O/c1-5-6-9(3)13(4)7-8(2)10(14)12-11/h8-9H,5-7,11H2,1-4H3,(H,12,14). The monoisotopic (exact) mass is 201 g/mol. The van der Waals surface area contributed by atoms with Gasteiger partial charge in [0.1, 0.15) is 0 Å². The number of carbonyl (C=O) groups is 1. The Hall–Kier alpha value is -0.610. The Kier molecular flexibility index (Phi) is 6.49. The molecule has 0 aliphatic rings. The Bertz CT molecular complexity index is 173. The highest BCUT2D eigenvalue weighted by Crippen LogP contribution is 2.07. The van der Waals surface area contributed by atoms with E-state index in [9.17, 15) is 4.79 Å². The minimum absolute atomic E-state index is 0.0516. The van der Waals surface area contributed by atoms with Gasteiger partial charge in [-0.3, -0.25) is 10.2 Å². The van der Waals surface area contributed by atoms with Crippen molar-refractivity contribution in [3.05, 3.63) is 0 Å². The fraction of sp³-hybridized carbons (Fsp3) is 0.900. The molecule has 0 saturated heterocycles. The lowest BCUT2D eigenvalue weighted by atomic mass is 10.1. The maximum absolute atomic E-state index is 11.2. The zero-order valence-electron chi connectivity index (χ0n) is 9.71. The summed E-state index contributed by atoms with van der Waals surface area (Å²) in [6, 6.07) is 0.521. The summed E-state index contributed by atoms with van der Waals surface area (Å²) in [4.78, 5) is 13.4. The minimum Gasteiger partial charge on any atom is -0.303 e. The van der Waals surface area contributed by atoms with Gasteiger partial charge in [-0.15, -0.1) is 0 Å². The Morgan fingerprint density at radius 3 is 2.50 bits per heavy atom. The van der Waals surface area contributed by atoms with Crippen molar-refractivity contribution < 1.29 is 4.79 Å². The van der Waals surface area contributed by atoms with Crippen molar-refractivity contribution in [1.29, 1.82) is 0 Å². The van der Waals surface area contributed by atoms with Gasteiger partial charge < -0.3 is 4.90 Å². The van der Waals surface area contributed by atoms with Gasteiger partial charge >= 0.3 is 0 Å². The van der Waals surface area contributed by atoms with Gasteiger partial charge in [-0.05, 0) is 20.4 Å². The second-order valence-electron chi connectivity index (χ2n) is 3.99. The van der Waals surface area contributed by atoms with E-state index in [-0.39, 0.29) is 11.8 Å². The van der Waals surface area contributed by atoms with Crippen LogP contribution < -0.4 is 11.3 Å². The molecule has 0 spiro atoms. The van der Waals surface area contributed by atoms with Crippen LogP contribution in [0.15, 0.2) is 0 Å². The molecule has 14 heavy (non-hydrogen) atoms. The van der Waals surface area contributed by atoms with Crippen molar-refractivity contribution >= 4 is 5.91 Å². The van der Waals surface area contributed by atoms with Crippen LogP contribution in [-0.4, -0.2) is 30.4 Å². The highest BCUT2D eigenvalue weighted by molar-refractivity contribution is 5.77. The maximum Gasteiger partial charge on any atom is 0.237 e. The average Bonchev–Trinajstić information content (AvgIpc) is 2.16. The predicted octanol–water partition coefficient (Wildman–Crippen LogP) is 0.733. The molecule has 0 fully saturated rings. The molecule has 0 heterocycles. The first kappa shape index (κ1) is 13.4. The number of amides is 1. The van der Waals surface area contributed by atoms with E-state index in [0.717, 1.165) is 13.0 Å². The van der Waals surface area contributed by atoms with Crippen LogP contribution in [0.1, 0.15) is 33.6 Å². The molecule has 0 rings (SSSR count). The fourth-order valence-corrected chi connectivity index (χ4v) is 1.48. The summed E-state index contributed by atoms with van der Waals surface area (Å²) in [5.74, 6) is 4.92. The van der Waals surface area contributed by atoms with Crippen molar-refractivity contribution in [2.24, 2.45) is 11.8 Å². The molecule has 0 saturated carbocycles. The van der Waals surface area contributed by atoms with Crippen LogP contribution in [0.2, 0.25) is 0 Å². The molecule has 2 atom stereocenters. The van der Waals surface area contributed by atoms with Gasteiger partial charge in [0.05, 0.1) is 0 Å². The molecule has 0 aromatic rings. The molecule has 3 N–H and O–H groups in total. The molecular formula is C10H23N3O. The van der Waals surface area contributed by atoms with Crippen LogP contribution in [0.3, 0.4) is 0 Å². The van der Waals surface area contributed by atoms with Gasteiger partial charge in [0, 0.05) is 18.5 Å². The smallest absolute Gasteiger partial charge is 0.237 e. The van der Waals surface area contributed by atoms with Crippen LogP contribution in [0.5, 0.6) is 0 Å².